The lowest BCUT2D eigenvalue weighted by molar-refractivity contribution is -0.272. The molecule has 5 atom stereocenters. The molecule has 3 rings (SSSR count). The first-order valence-corrected chi connectivity index (χ1v) is 12.2. The van der Waals surface area contributed by atoms with Crippen LogP contribution in [-0.4, -0.2) is 53.7 Å². The summed E-state index contributed by atoms with van der Waals surface area (Å²) < 4.78 is 81.3. The van der Waals surface area contributed by atoms with Crippen LogP contribution in [0.2, 0.25) is 0 Å². The third kappa shape index (κ3) is 6.02. The Bertz CT molecular complexity index is 1370. The highest BCUT2D eigenvalue weighted by molar-refractivity contribution is 6.00. The van der Waals surface area contributed by atoms with Gasteiger partial charge in [-0.2, -0.15) is 17.6 Å². The summed E-state index contributed by atoms with van der Waals surface area (Å²) in [6.45, 7) is 3.52. The number of hydrogen-bond acceptors (Lipinski definition) is 8. The number of carbonyl (C=O) groups excluding carboxylic acids is 3. The van der Waals surface area contributed by atoms with Crippen LogP contribution in [0.3, 0.4) is 0 Å². The number of nitrogens with two attached hydrogens (primary N) is 1. The van der Waals surface area contributed by atoms with Gasteiger partial charge in [0.25, 0.3) is 5.91 Å². The van der Waals surface area contributed by atoms with Gasteiger partial charge in [-0.25, -0.2) is 14.9 Å². The molecular formula is C25H27F5N6O5. The molecule has 11 nitrogen and oxygen atoms in total. The summed E-state index contributed by atoms with van der Waals surface area (Å²) in [6.07, 6.45) is -6.65. The molecule has 0 unspecified atom stereocenters. The van der Waals surface area contributed by atoms with Crippen LogP contribution in [0.1, 0.15) is 49.2 Å². The molecular weight excluding hydrogens is 559 g/mol. The molecule has 0 spiro atoms. The van der Waals surface area contributed by atoms with E-state index in [-0.39, 0.29) is 23.5 Å². The fourth-order valence-corrected chi connectivity index (χ4v) is 4.49. The second-order valence-electron chi connectivity index (χ2n) is 9.48. The van der Waals surface area contributed by atoms with Crippen LogP contribution in [0.5, 0.6) is 5.75 Å². The van der Waals surface area contributed by atoms with Crippen molar-refractivity contribution >= 4 is 29.2 Å². The molecule has 1 aliphatic heterocycles. The maximum atomic E-state index is 14.6. The average molecular weight is 587 g/mol. The maximum Gasteiger partial charge on any atom is 0.417 e. The van der Waals surface area contributed by atoms with Gasteiger partial charge in [0.15, 0.2) is 17.2 Å². The number of alkyl halides is 3. The number of ether oxygens (including phenoxy) is 2. The molecule has 1 fully saturated rings. The van der Waals surface area contributed by atoms with E-state index in [0.29, 0.717) is 6.07 Å². The summed E-state index contributed by atoms with van der Waals surface area (Å²) in [5.41, 5.74) is 8.79. The van der Waals surface area contributed by atoms with E-state index < -0.39 is 76.6 Å². The Morgan fingerprint density at radius 1 is 1.24 bits per heavy atom. The van der Waals surface area contributed by atoms with Crippen LogP contribution in [0, 0.1) is 23.1 Å². The van der Waals surface area contributed by atoms with E-state index in [9.17, 15) is 36.3 Å². The molecule has 0 radical (unpaired) electrons. The van der Waals surface area contributed by atoms with Gasteiger partial charge in [0, 0.05) is 29.2 Å². The highest BCUT2D eigenvalue weighted by Crippen LogP contribution is 2.55. The lowest BCUT2D eigenvalue weighted by atomic mass is 9.77. The Labute approximate surface area is 230 Å². The molecule has 1 aliphatic rings. The summed E-state index contributed by atoms with van der Waals surface area (Å²) in [6, 6.07) is 2.82. The molecule has 16 heteroatoms. The first-order chi connectivity index (χ1) is 19.1. The van der Waals surface area contributed by atoms with Gasteiger partial charge in [-0.3, -0.25) is 14.4 Å². The molecule has 1 saturated heterocycles. The number of halogens is 5. The summed E-state index contributed by atoms with van der Waals surface area (Å²) in [5, 5.41) is 7.40. The number of rotatable bonds is 8. The molecule has 0 bridgehead atoms. The van der Waals surface area contributed by atoms with Crippen molar-refractivity contribution in [3.63, 3.8) is 0 Å². The summed E-state index contributed by atoms with van der Waals surface area (Å²) in [4.78, 5) is 41.6. The van der Waals surface area contributed by atoms with Crippen LogP contribution in [-0.2, 0) is 14.3 Å². The predicted molar refractivity (Wildman–Crippen MR) is 133 cm³/mol. The smallest absolute Gasteiger partial charge is 0.417 e. The normalized spacial score (nSPS) is 23.0. The Morgan fingerprint density at radius 2 is 1.90 bits per heavy atom. The van der Waals surface area contributed by atoms with Crippen molar-refractivity contribution in [3.8, 4) is 5.75 Å². The largest absolute Gasteiger partial charge is 0.493 e. The molecule has 2 aromatic rings. The van der Waals surface area contributed by atoms with Crippen molar-refractivity contribution in [3.05, 3.63) is 47.2 Å². The van der Waals surface area contributed by atoms with Crippen LogP contribution in [0.15, 0.2) is 29.4 Å². The number of pyridine rings is 1. The molecule has 1 aromatic heterocycles. The van der Waals surface area contributed by atoms with Gasteiger partial charge in [0.2, 0.25) is 11.7 Å². The highest BCUT2D eigenvalue weighted by atomic mass is 19.4. The number of amides is 3. The minimum atomic E-state index is -4.98. The number of benzene rings is 1. The molecule has 5 N–H and O–H groups in total. The molecule has 1 aromatic carbocycles. The second kappa shape index (κ2) is 11.8. The Hall–Kier alpha value is -4.05. The number of aromatic nitrogens is 1. The van der Waals surface area contributed by atoms with Crippen molar-refractivity contribution in [2.45, 2.75) is 57.0 Å². The minimum Gasteiger partial charge on any atom is -0.493 e. The van der Waals surface area contributed by atoms with Crippen molar-refractivity contribution in [2.75, 3.05) is 17.7 Å². The van der Waals surface area contributed by atoms with E-state index in [1.165, 1.54) is 0 Å². The zero-order chi connectivity index (χ0) is 30.9. The molecule has 222 valence electrons. The van der Waals surface area contributed by atoms with Crippen molar-refractivity contribution < 1.29 is 45.8 Å². The van der Waals surface area contributed by atoms with Crippen LogP contribution in [0.4, 0.5) is 33.5 Å². The van der Waals surface area contributed by atoms with E-state index in [2.05, 4.69) is 20.7 Å². The van der Waals surface area contributed by atoms with Gasteiger partial charge >= 0.3 is 12.1 Å². The number of nitrogens with one attached hydrogen (secondary N) is 3. The quantitative estimate of drug-likeness (QED) is 0.264. The standard InChI is InChI=1S/C25H27F5N6O5/c1-5-14(31)21(37)35-16-9-11(8-15(34-16)22(38)36-32)33-23(39)20-17(10(2)24(3,41-20)25(28,29)30)12-6-7-13(26)18(27)19(12)40-4/h6-10,14,17,20,32H,5,31H2,1-4H3,(H2,33,34,35,37,39)/t10-,14-,17-,20+,24+/m0/s1. The van der Waals surface area contributed by atoms with Gasteiger partial charge in [-0.05, 0) is 25.5 Å². The average Bonchev–Trinajstić information content (AvgIpc) is 3.20. The Morgan fingerprint density at radius 3 is 2.46 bits per heavy atom. The third-order valence-electron chi connectivity index (χ3n) is 7.01. The zero-order valence-corrected chi connectivity index (χ0v) is 22.2. The number of methoxy groups -OCH3 is 1. The van der Waals surface area contributed by atoms with Crippen molar-refractivity contribution in [2.24, 2.45) is 16.8 Å². The van der Waals surface area contributed by atoms with Crippen LogP contribution in [0.25, 0.3) is 0 Å². The third-order valence-corrected chi connectivity index (χ3v) is 7.01. The van der Waals surface area contributed by atoms with Gasteiger partial charge in [0.05, 0.1) is 13.2 Å². The van der Waals surface area contributed by atoms with E-state index in [4.69, 9.17) is 20.7 Å². The molecule has 0 saturated carbocycles. The van der Waals surface area contributed by atoms with Gasteiger partial charge in [-0.1, -0.05) is 19.9 Å². The first-order valence-electron chi connectivity index (χ1n) is 12.2. The van der Waals surface area contributed by atoms with Crippen LogP contribution >= 0.6 is 0 Å². The van der Waals surface area contributed by atoms with Crippen molar-refractivity contribution in [1.82, 2.24) is 4.98 Å². The maximum absolute atomic E-state index is 14.6. The Balaban J connectivity index is 2.08. The topological polar surface area (TPSA) is 169 Å². The monoisotopic (exact) mass is 586 g/mol. The molecule has 3 amide bonds. The fraction of sp³-hybridized carbons (Fsp3) is 0.440. The van der Waals surface area contributed by atoms with Gasteiger partial charge in [0.1, 0.15) is 17.6 Å². The van der Waals surface area contributed by atoms with E-state index >= 15 is 0 Å². The van der Waals surface area contributed by atoms with Crippen LogP contribution < -0.4 is 21.1 Å². The summed E-state index contributed by atoms with van der Waals surface area (Å²) in [5.74, 6) is -9.73. The van der Waals surface area contributed by atoms with Gasteiger partial charge in [-0.15, -0.1) is 5.11 Å². The highest BCUT2D eigenvalue weighted by Gasteiger charge is 2.66. The lowest BCUT2D eigenvalue weighted by Crippen LogP contribution is -2.47. The number of hydrogen-bond donors (Lipinski definition) is 4. The van der Waals surface area contributed by atoms with E-state index in [0.717, 1.165) is 39.2 Å². The minimum absolute atomic E-state index is 0.231. The summed E-state index contributed by atoms with van der Waals surface area (Å²) in [7, 11) is 0.993. The van der Waals surface area contributed by atoms with Gasteiger partial charge < -0.3 is 25.8 Å². The number of nitrogens with zero attached hydrogens (tertiary/aromatic N) is 2. The number of carbonyl (C=O) groups is 3. The predicted octanol–water partition coefficient (Wildman–Crippen LogP) is 4.29. The van der Waals surface area contributed by atoms with E-state index in [1.807, 2.05) is 0 Å². The number of anilines is 2. The fourth-order valence-electron chi connectivity index (χ4n) is 4.49. The molecule has 41 heavy (non-hydrogen) atoms. The first kappa shape index (κ1) is 31.5. The van der Waals surface area contributed by atoms with Crippen molar-refractivity contribution in [1.29, 1.82) is 5.53 Å². The summed E-state index contributed by atoms with van der Waals surface area (Å²) >= 11 is 0. The Kier molecular flexibility index (Phi) is 9.08. The molecule has 2 heterocycles. The second-order valence-corrected chi connectivity index (χ2v) is 9.48. The lowest BCUT2D eigenvalue weighted by Gasteiger charge is -2.32. The molecule has 0 aliphatic carbocycles. The zero-order valence-electron chi connectivity index (χ0n) is 22.2. The SMILES string of the molecule is CC[C@H](N)C(=O)Nc1cc(NC(=O)[C@@H]2O[C@@](C)(C(F)(F)F)[C@@H](C)[C@H]2c2ccc(F)c(F)c2OC)cc(C(=O)N=N)n1. The van der Waals surface area contributed by atoms with E-state index in [1.54, 1.807) is 6.92 Å².